The van der Waals surface area contributed by atoms with Gasteiger partial charge in [-0.25, -0.2) is 14.4 Å². The first-order valence-electron chi connectivity index (χ1n) is 10.7. The van der Waals surface area contributed by atoms with Gasteiger partial charge in [0.25, 0.3) is 0 Å². The summed E-state index contributed by atoms with van der Waals surface area (Å²) in [7, 11) is 3.21. The van der Waals surface area contributed by atoms with Crippen LogP contribution in [0.3, 0.4) is 0 Å². The Morgan fingerprint density at radius 1 is 0.886 bits per heavy atom. The number of methoxy groups -OCH3 is 2. The highest BCUT2D eigenvalue weighted by molar-refractivity contribution is 6.31. The number of benzene rings is 3. The Labute approximate surface area is 206 Å². The number of hydrogen-bond acceptors (Lipinski definition) is 6. The number of anilines is 2. The summed E-state index contributed by atoms with van der Waals surface area (Å²) in [5.41, 5.74) is 3.85. The van der Waals surface area contributed by atoms with Crippen LogP contribution in [0, 0.1) is 5.82 Å². The van der Waals surface area contributed by atoms with Gasteiger partial charge in [-0.3, -0.25) is 4.98 Å². The molecule has 0 aliphatic carbocycles. The van der Waals surface area contributed by atoms with Gasteiger partial charge in [-0.05, 0) is 54.1 Å². The first kappa shape index (κ1) is 22.6. The molecule has 0 spiro atoms. The molecule has 0 saturated carbocycles. The Balaban J connectivity index is 1.70. The Kier molecular flexibility index (Phi) is 6.16. The van der Waals surface area contributed by atoms with Crippen LogP contribution in [0.5, 0.6) is 11.5 Å². The summed E-state index contributed by atoms with van der Waals surface area (Å²) in [6, 6.07) is 19.7. The van der Waals surface area contributed by atoms with E-state index in [0.717, 1.165) is 27.6 Å². The van der Waals surface area contributed by atoms with Crippen molar-refractivity contribution in [3.05, 3.63) is 90.0 Å². The molecule has 3 aromatic carbocycles. The average molecular weight is 487 g/mol. The predicted octanol–water partition coefficient (Wildman–Crippen LogP) is 6.91. The Hall–Kier alpha value is -4.23. The lowest BCUT2D eigenvalue weighted by Crippen LogP contribution is -2.00. The first-order chi connectivity index (χ1) is 17.1. The molecule has 1 N–H and O–H groups in total. The lowest BCUT2D eigenvalue weighted by atomic mass is 10.0. The zero-order valence-corrected chi connectivity index (χ0v) is 19.7. The highest BCUT2D eigenvalue weighted by Gasteiger charge is 2.15. The monoisotopic (exact) mass is 486 g/mol. The van der Waals surface area contributed by atoms with Crippen LogP contribution < -0.4 is 14.8 Å². The molecule has 0 aliphatic rings. The van der Waals surface area contributed by atoms with Gasteiger partial charge in [-0.2, -0.15) is 0 Å². The van der Waals surface area contributed by atoms with Gasteiger partial charge in [-0.1, -0.05) is 29.8 Å². The van der Waals surface area contributed by atoms with Crippen LogP contribution >= 0.6 is 11.6 Å². The maximum Gasteiger partial charge on any atom is 0.168 e. The highest BCUT2D eigenvalue weighted by Crippen LogP contribution is 2.39. The molecule has 0 unspecified atom stereocenters. The minimum Gasteiger partial charge on any atom is -0.493 e. The number of nitrogens with one attached hydrogen (secondary N) is 1. The molecule has 174 valence electrons. The third kappa shape index (κ3) is 4.46. The summed E-state index contributed by atoms with van der Waals surface area (Å²) in [5, 5.41) is 4.06. The van der Waals surface area contributed by atoms with Gasteiger partial charge in [0.2, 0.25) is 0 Å². The van der Waals surface area contributed by atoms with Crippen molar-refractivity contribution in [2.75, 3.05) is 19.5 Å². The van der Waals surface area contributed by atoms with E-state index in [1.54, 1.807) is 32.7 Å². The molecule has 0 fully saturated rings. The van der Waals surface area contributed by atoms with E-state index in [2.05, 4.69) is 10.3 Å². The summed E-state index contributed by atoms with van der Waals surface area (Å²) < 4.78 is 24.8. The molecular weight excluding hydrogens is 467 g/mol. The quantitative estimate of drug-likeness (QED) is 0.281. The maximum absolute atomic E-state index is 13.7. The van der Waals surface area contributed by atoms with Gasteiger partial charge < -0.3 is 14.8 Å². The molecule has 0 saturated heterocycles. The van der Waals surface area contributed by atoms with Crippen molar-refractivity contribution in [2.24, 2.45) is 0 Å². The van der Waals surface area contributed by atoms with E-state index in [1.807, 2.05) is 48.5 Å². The van der Waals surface area contributed by atoms with Crippen LogP contribution in [-0.4, -0.2) is 29.2 Å². The van der Waals surface area contributed by atoms with Crippen molar-refractivity contribution in [3.63, 3.8) is 0 Å². The Morgan fingerprint density at radius 2 is 1.77 bits per heavy atom. The van der Waals surface area contributed by atoms with E-state index in [4.69, 9.17) is 31.0 Å². The molecule has 2 heterocycles. The van der Waals surface area contributed by atoms with Gasteiger partial charge in [0, 0.05) is 34.6 Å². The summed E-state index contributed by atoms with van der Waals surface area (Å²) in [6.45, 7) is 0. The number of para-hydroxylation sites is 1. The van der Waals surface area contributed by atoms with E-state index in [1.165, 1.54) is 12.1 Å². The predicted molar refractivity (Wildman–Crippen MR) is 136 cm³/mol. The van der Waals surface area contributed by atoms with Crippen molar-refractivity contribution in [1.82, 2.24) is 15.0 Å². The van der Waals surface area contributed by atoms with E-state index in [-0.39, 0.29) is 5.02 Å². The summed E-state index contributed by atoms with van der Waals surface area (Å²) >= 11 is 6.01. The molecule has 8 heteroatoms. The Bertz CT molecular complexity index is 1530. The number of hydrogen-bond donors (Lipinski definition) is 1. The number of pyridine rings is 1. The fourth-order valence-corrected chi connectivity index (χ4v) is 4.02. The van der Waals surface area contributed by atoms with E-state index in [0.29, 0.717) is 28.8 Å². The largest absolute Gasteiger partial charge is 0.493 e. The topological polar surface area (TPSA) is 69.2 Å². The number of halogens is 2. The summed E-state index contributed by atoms with van der Waals surface area (Å²) in [5.74, 6) is 1.82. The van der Waals surface area contributed by atoms with E-state index >= 15 is 0 Å². The second kappa shape index (κ2) is 9.56. The van der Waals surface area contributed by atoms with Gasteiger partial charge >= 0.3 is 0 Å². The fraction of sp³-hybridized carbons (Fsp3) is 0.0741. The molecule has 0 bridgehead atoms. The van der Waals surface area contributed by atoms with E-state index < -0.39 is 5.82 Å². The van der Waals surface area contributed by atoms with Crippen LogP contribution in [-0.2, 0) is 0 Å². The molecule has 5 rings (SSSR count). The van der Waals surface area contributed by atoms with Crippen LogP contribution in [0.15, 0.2) is 79.1 Å². The zero-order chi connectivity index (χ0) is 24.4. The van der Waals surface area contributed by atoms with Gasteiger partial charge in [-0.15, -0.1) is 0 Å². The van der Waals surface area contributed by atoms with E-state index in [9.17, 15) is 4.39 Å². The zero-order valence-electron chi connectivity index (χ0n) is 18.9. The molecular formula is C27H20ClFN4O2. The lowest BCUT2D eigenvalue weighted by molar-refractivity contribution is 0.356. The van der Waals surface area contributed by atoms with Gasteiger partial charge in [0.15, 0.2) is 17.3 Å². The second-order valence-electron chi connectivity index (χ2n) is 7.66. The number of nitrogens with zero attached hydrogens (tertiary/aromatic N) is 3. The number of ether oxygens (including phenoxy) is 2. The first-order valence-corrected chi connectivity index (χ1v) is 11.1. The molecule has 0 atom stereocenters. The standard InChI is InChI=1S/C27H20ClFN4O2/c1-34-24-7-3-6-19(25(24)35-2)16-8-11-23-20(13-16)27(31-18-9-10-22(29)21(28)14-18)33-26(32-23)17-5-4-12-30-15-17/h3-15H,1-2H3,(H,31,32,33). The third-order valence-corrected chi connectivity index (χ3v) is 5.80. The summed E-state index contributed by atoms with van der Waals surface area (Å²) in [6.07, 6.45) is 3.40. The number of rotatable bonds is 6. The SMILES string of the molecule is COc1cccc(-c2ccc3nc(-c4cccnc4)nc(Nc4ccc(F)c(Cl)c4)c3c2)c1OC. The average Bonchev–Trinajstić information content (AvgIpc) is 2.90. The maximum atomic E-state index is 13.7. The van der Waals surface area contributed by atoms with Crippen molar-refractivity contribution in [2.45, 2.75) is 0 Å². The smallest absolute Gasteiger partial charge is 0.168 e. The molecule has 6 nitrogen and oxygen atoms in total. The minimum absolute atomic E-state index is 0.0163. The molecule has 0 aliphatic heterocycles. The van der Waals surface area contributed by atoms with Crippen molar-refractivity contribution in [1.29, 1.82) is 0 Å². The second-order valence-corrected chi connectivity index (χ2v) is 8.07. The van der Waals surface area contributed by atoms with Crippen LogP contribution in [0.1, 0.15) is 0 Å². The normalized spacial score (nSPS) is 10.9. The molecule has 0 amide bonds. The highest BCUT2D eigenvalue weighted by atomic mass is 35.5. The van der Waals surface area contributed by atoms with Crippen molar-refractivity contribution >= 4 is 34.0 Å². The lowest BCUT2D eigenvalue weighted by Gasteiger charge is -2.15. The summed E-state index contributed by atoms with van der Waals surface area (Å²) in [4.78, 5) is 13.7. The van der Waals surface area contributed by atoms with Gasteiger partial charge in [0.05, 0.1) is 24.8 Å². The molecule has 35 heavy (non-hydrogen) atoms. The van der Waals surface area contributed by atoms with Crippen molar-refractivity contribution < 1.29 is 13.9 Å². The molecule has 5 aromatic rings. The fourth-order valence-electron chi connectivity index (χ4n) is 3.84. The molecule has 2 aromatic heterocycles. The van der Waals surface area contributed by atoms with Crippen LogP contribution in [0.4, 0.5) is 15.9 Å². The number of fused-ring (bicyclic) bond motifs is 1. The Morgan fingerprint density at radius 3 is 2.51 bits per heavy atom. The third-order valence-electron chi connectivity index (χ3n) is 5.51. The van der Waals surface area contributed by atoms with Gasteiger partial charge in [0.1, 0.15) is 11.6 Å². The number of aromatic nitrogens is 3. The van der Waals surface area contributed by atoms with Crippen LogP contribution in [0.25, 0.3) is 33.4 Å². The van der Waals surface area contributed by atoms with Crippen molar-refractivity contribution in [3.8, 4) is 34.0 Å². The minimum atomic E-state index is -0.492. The van der Waals surface area contributed by atoms with Crippen LogP contribution in [0.2, 0.25) is 5.02 Å². The molecule has 0 radical (unpaired) electrons.